The molecule has 1 aromatic heterocycles. The van der Waals surface area contributed by atoms with Crippen LogP contribution in [0.4, 0.5) is 0 Å². The lowest BCUT2D eigenvalue weighted by molar-refractivity contribution is -0.947. The van der Waals surface area contributed by atoms with E-state index in [0.29, 0.717) is 12.0 Å². The van der Waals surface area contributed by atoms with E-state index in [2.05, 4.69) is 13.8 Å². The van der Waals surface area contributed by atoms with Gasteiger partial charge in [-0.25, -0.2) is 0 Å². The highest BCUT2D eigenvalue weighted by atomic mass is 16.5. The normalized spacial score (nSPS) is 32.2. The average molecular weight is 252 g/mol. The number of hydrogen-bond acceptors (Lipinski definition) is 3. The number of furan rings is 1. The van der Waals surface area contributed by atoms with Gasteiger partial charge in [-0.05, 0) is 19.1 Å². The second-order valence-corrected chi connectivity index (χ2v) is 5.25. The van der Waals surface area contributed by atoms with Gasteiger partial charge in [0.1, 0.15) is 12.6 Å². The van der Waals surface area contributed by atoms with Gasteiger partial charge in [-0.1, -0.05) is 6.92 Å². The molecule has 2 heterocycles. The van der Waals surface area contributed by atoms with Crippen LogP contribution >= 0.6 is 0 Å². The molecule has 1 aromatic rings. The smallest absolute Gasteiger partial charge is 0.302 e. The third kappa shape index (κ3) is 2.93. The number of esters is 1. The molecule has 0 aliphatic carbocycles. The molecule has 4 nitrogen and oxygen atoms in total. The van der Waals surface area contributed by atoms with Gasteiger partial charge >= 0.3 is 5.97 Å². The van der Waals surface area contributed by atoms with Crippen LogP contribution in [-0.2, 0) is 16.1 Å². The zero-order valence-corrected chi connectivity index (χ0v) is 11.3. The Labute approximate surface area is 108 Å². The number of rotatable bonds is 3. The molecule has 0 radical (unpaired) electrons. The molecule has 0 saturated carbocycles. The highest BCUT2D eigenvalue weighted by Crippen LogP contribution is 2.17. The van der Waals surface area contributed by atoms with E-state index in [4.69, 9.17) is 9.15 Å². The van der Waals surface area contributed by atoms with E-state index in [1.807, 2.05) is 12.1 Å². The Morgan fingerprint density at radius 2 is 2.33 bits per heavy atom. The lowest BCUT2D eigenvalue weighted by Gasteiger charge is -2.38. The first-order chi connectivity index (χ1) is 8.58. The zero-order chi connectivity index (χ0) is 13.1. The van der Waals surface area contributed by atoms with Gasteiger partial charge in [0.05, 0.1) is 18.8 Å². The topological polar surface area (TPSA) is 43.9 Å². The maximum absolute atomic E-state index is 11.1. The average Bonchev–Trinajstić information content (AvgIpc) is 2.81. The molecular formula is C14H22NO3+. The van der Waals surface area contributed by atoms with Gasteiger partial charge in [0.2, 0.25) is 0 Å². The van der Waals surface area contributed by atoms with Crippen LogP contribution in [0.15, 0.2) is 22.8 Å². The number of hydrogen-bond donors (Lipinski definition) is 1. The van der Waals surface area contributed by atoms with Crippen molar-refractivity contribution in [1.82, 2.24) is 0 Å². The van der Waals surface area contributed by atoms with Crippen LogP contribution in [0.25, 0.3) is 0 Å². The standard InChI is InChI=1S/C14H21NO3/c1-10-11(2)15(9-13-5-4-8-17-13)7-6-14(10)18-12(3)16/h4-5,8,10-11,14H,6-7,9H2,1-3H3/p+1/t10-,11+,14-/m0/s1. The van der Waals surface area contributed by atoms with Gasteiger partial charge in [-0.15, -0.1) is 0 Å². The van der Waals surface area contributed by atoms with Gasteiger partial charge < -0.3 is 14.1 Å². The monoisotopic (exact) mass is 252 g/mol. The van der Waals surface area contributed by atoms with E-state index in [9.17, 15) is 4.79 Å². The van der Waals surface area contributed by atoms with E-state index >= 15 is 0 Å². The van der Waals surface area contributed by atoms with E-state index < -0.39 is 0 Å². The van der Waals surface area contributed by atoms with Gasteiger partial charge in [-0.3, -0.25) is 4.79 Å². The molecule has 4 heteroatoms. The van der Waals surface area contributed by atoms with Crippen molar-refractivity contribution in [1.29, 1.82) is 0 Å². The van der Waals surface area contributed by atoms with Gasteiger partial charge in [0.15, 0.2) is 5.76 Å². The molecule has 1 fully saturated rings. The molecular weight excluding hydrogens is 230 g/mol. The molecule has 1 N–H and O–H groups in total. The summed E-state index contributed by atoms with van der Waals surface area (Å²) in [5, 5.41) is 0. The highest BCUT2D eigenvalue weighted by molar-refractivity contribution is 5.66. The second-order valence-electron chi connectivity index (χ2n) is 5.25. The summed E-state index contributed by atoms with van der Waals surface area (Å²) in [4.78, 5) is 12.6. The van der Waals surface area contributed by atoms with Crippen LogP contribution in [0, 0.1) is 5.92 Å². The first kappa shape index (κ1) is 13.1. The fourth-order valence-corrected chi connectivity index (χ4v) is 2.78. The molecule has 0 spiro atoms. The summed E-state index contributed by atoms with van der Waals surface area (Å²) in [5.74, 6) is 1.23. The first-order valence-electron chi connectivity index (χ1n) is 6.62. The van der Waals surface area contributed by atoms with Gasteiger partial charge in [0, 0.05) is 19.3 Å². The van der Waals surface area contributed by atoms with E-state index in [1.54, 1.807) is 6.26 Å². The summed E-state index contributed by atoms with van der Waals surface area (Å²) in [6.07, 6.45) is 2.72. The molecule has 0 bridgehead atoms. The molecule has 4 atom stereocenters. The van der Waals surface area contributed by atoms with Crippen LogP contribution in [0.5, 0.6) is 0 Å². The molecule has 100 valence electrons. The Hall–Kier alpha value is -1.29. The number of likely N-dealkylation sites (tertiary alicyclic amines) is 1. The van der Waals surface area contributed by atoms with Crippen molar-refractivity contribution in [3.63, 3.8) is 0 Å². The fourth-order valence-electron chi connectivity index (χ4n) is 2.78. The summed E-state index contributed by atoms with van der Waals surface area (Å²) < 4.78 is 10.8. The SMILES string of the molecule is CC(=O)O[C@H]1CC[NH+](Cc2ccco2)[C@H](C)[C@@H]1C. The van der Waals surface area contributed by atoms with E-state index in [-0.39, 0.29) is 12.1 Å². The first-order valence-corrected chi connectivity index (χ1v) is 6.62. The number of piperidine rings is 1. The quantitative estimate of drug-likeness (QED) is 0.817. The summed E-state index contributed by atoms with van der Waals surface area (Å²) >= 11 is 0. The van der Waals surface area contributed by atoms with Crippen LogP contribution in [0.3, 0.4) is 0 Å². The van der Waals surface area contributed by atoms with Crippen molar-refractivity contribution in [2.75, 3.05) is 6.54 Å². The molecule has 1 aliphatic rings. The predicted molar refractivity (Wildman–Crippen MR) is 67.0 cm³/mol. The predicted octanol–water partition coefficient (Wildman–Crippen LogP) is 1.02. The Balaban J connectivity index is 1.95. The third-order valence-electron chi connectivity index (χ3n) is 4.07. The maximum atomic E-state index is 11.1. The van der Waals surface area contributed by atoms with Crippen molar-refractivity contribution >= 4 is 5.97 Å². The fraction of sp³-hybridized carbons (Fsp3) is 0.643. The third-order valence-corrected chi connectivity index (χ3v) is 4.07. The molecule has 1 aliphatic heterocycles. The van der Waals surface area contributed by atoms with Crippen LogP contribution in [-0.4, -0.2) is 24.7 Å². The van der Waals surface area contributed by atoms with Crippen molar-refractivity contribution in [2.24, 2.45) is 5.92 Å². The molecule has 1 saturated heterocycles. The zero-order valence-electron chi connectivity index (χ0n) is 11.3. The van der Waals surface area contributed by atoms with Crippen LogP contribution in [0.2, 0.25) is 0 Å². The summed E-state index contributed by atoms with van der Waals surface area (Å²) in [6, 6.07) is 4.41. The molecule has 2 rings (SSSR count). The highest BCUT2D eigenvalue weighted by Gasteiger charge is 2.37. The van der Waals surface area contributed by atoms with Gasteiger partial charge in [0.25, 0.3) is 0 Å². The minimum atomic E-state index is -0.173. The van der Waals surface area contributed by atoms with Crippen LogP contribution in [0.1, 0.15) is 33.0 Å². The van der Waals surface area contributed by atoms with E-state index in [0.717, 1.165) is 25.3 Å². The Kier molecular flexibility index (Phi) is 4.07. The number of carbonyl (C=O) groups excluding carboxylic acids is 1. The Morgan fingerprint density at radius 1 is 1.56 bits per heavy atom. The van der Waals surface area contributed by atoms with Crippen LogP contribution < -0.4 is 4.90 Å². The Morgan fingerprint density at radius 3 is 2.94 bits per heavy atom. The minimum Gasteiger partial charge on any atom is -0.463 e. The molecule has 0 amide bonds. The van der Waals surface area contributed by atoms with Crippen molar-refractivity contribution in [3.8, 4) is 0 Å². The number of nitrogens with one attached hydrogen (secondary N) is 1. The lowest BCUT2D eigenvalue weighted by Crippen LogP contribution is -3.16. The summed E-state index contributed by atoms with van der Waals surface area (Å²) in [6.45, 7) is 7.80. The summed E-state index contributed by atoms with van der Waals surface area (Å²) in [7, 11) is 0. The summed E-state index contributed by atoms with van der Waals surface area (Å²) in [5.41, 5.74) is 0. The number of quaternary nitrogens is 1. The maximum Gasteiger partial charge on any atom is 0.302 e. The molecule has 18 heavy (non-hydrogen) atoms. The van der Waals surface area contributed by atoms with Crippen molar-refractivity contribution in [2.45, 2.75) is 45.9 Å². The number of carbonyl (C=O) groups is 1. The largest absolute Gasteiger partial charge is 0.463 e. The second kappa shape index (κ2) is 5.57. The lowest BCUT2D eigenvalue weighted by atomic mass is 9.89. The Bertz CT molecular complexity index is 388. The minimum absolute atomic E-state index is 0.0675. The molecule has 1 unspecified atom stereocenters. The van der Waals surface area contributed by atoms with Crippen molar-refractivity contribution < 1.29 is 18.8 Å². The number of ether oxygens (including phenoxy) is 1. The van der Waals surface area contributed by atoms with Crippen molar-refractivity contribution in [3.05, 3.63) is 24.2 Å². The van der Waals surface area contributed by atoms with E-state index in [1.165, 1.54) is 11.8 Å². The molecule has 0 aromatic carbocycles. The van der Waals surface area contributed by atoms with Gasteiger partial charge in [-0.2, -0.15) is 0 Å².